The smallest absolute Gasteiger partial charge is 0.333 e. The Labute approximate surface area is 214 Å². The van der Waals surface area contributed by atoms with Crippen molar-refractivity contribution in [2.45, 2.75) is 44.2 Å². The minimum Gasteiger partial charge on any atom is -1.00 e. The number of piperidine rings is 4. The number of hydrogen-bond donors (Lipinski definition) is 1. The van der Waals surface area contributed by atoms with E-state index in [0.29, 0.717) is 12.5 Å². The van der Waals surface area contributed by atoms with Crippen molar-refractivity contribution < 1.29 is 31.2 Å². The molecule has 6 rings (SSSR count). The molecule has 0 spiro atoms. The third-order valence-corrected chi connectivity index (χ3v) is 7.94. The molecule has 4 aliphatic heterocycles. The second kappa shape index (κ2) is 11.4. The molecule has 2 unspecified atom stereocenters. The molecule has 2 aromatic rings. The number of esters is 1. The van der Waals surface area contributed by atoms with Gasteiger partial charge in [0, 0.05) is 37.5 Å². The van der Waals surface area contributed by atoms with Gasteiger partial charge in [-0.1, -0.05) is 48.5 Å². The molecule has 4 heterocycles. The average Bonchev–Trinajstić information content (AvgIpc) is 2.89. The number of carbonyl (C=O) groups is 2. The zero-order valence-corrected chi connectivity index (χ0v) is 21.0. The highest BCUT2D eigenvalue weighted by molar-refractivity contribution is 5.81. The zero-order chi connectivity index (χ0) is 23.4. The number of para-hydroxylation sites is 1. The molecular weight excluding hydrogens is 462 g/mol. The maximum atomic E-state index is 13.5. The molecular formula is C28H36ClN3O3. The highest BCUT2D eigenvalue weighted by Gasteiger charge is 2.49. The third-order valence-electron chi connectivity index (χ3n) is 7.94. The Balaban J connectivity index is 0.00000289. The van der Waals surface area contributed by atoms with E-state index in [4.69, 9.17) is 4.74 Å². The summed E-state index contributed by atoms with van der Waals surface area (Å²) in [5.74, 6) is 0.425. The largest absolute Gasteiger partial charge is 1.00 e. The van der Waals surface area contributed by atoms with Gasteiger partial charge in [-0.2, -0.15) is 0 Å². The lowest BCUT2D eigenvalue weighted by Gasteiger charge is -2.52. The van der Waals surface area contributed by atoms with Crippen molar-refractivity contribution in [2.24, 2.45) is 5.92 Å². The summed E-state index contributed by atoms with van der Waals surface area (Å²) in [5, 5.41) is 3.37. The Morgan fingerprint density at radius 3 is 2.23 bits per heavy atom. The predicted molar refractivity (Wildman–Crippen MR) is 132 cm³/mol. The van der Waals surface area contributed by atoms with Crippen molar-refractivity contribution in [3.63, 3.8) is 0 Å². The number of nitrogens with one attached hydrogen (secondary N) is 1. The summed E-state index contributed by atoms with van der Waals surface area (Å²) in [4.78, 5) is 28.6. The van der Waals surface area contributed by atoms with E-state index in [1.165, 1.54) is 6.42 Å². The van der Waals surface area contributed by atoms with Crippen molar-refractivity contribution in [1.29, 1.82) is 0 Å². The van der Waals surface area contributed by atoms with Gasteiger partial charge in [0.1, 0.15) is 6.54 Å². The maximum absolute atomic E-state index is 13.5. The van der Waals surface area contributed by atoms with Crippen LogP contribution >= 0.6 is 0 Å². The van der Waals surface area contributed by atoms with Crippen LogP contribution in [0, 0.1) is 5.92 Å². The topological polar surface area (TPSA) is 58.6 Å². The zero-order valence-electron chi connectivity index (χ0n) is 20.3. The second-order valence-corrected chi connectivity index (χ2v) is 10.2. The van der Waals surface area contributed by atoms with Crippen LogP contribution in [0.15, 0.2) is 60.7 Å². The number of ether oxygens (including phenoxy) is 1. The van der Waals surface area contributed by atoms with E-state index in [0.717, 1.165) is 74.1 Å². The van der Waals surface area contributed by atoms with Crippen LogP contribution < -0.4 is 17.7 Å². The molecule has 4 fully saturated rings. The van der Waals surface area contributed by atoms with Crippen molar-refractivity contribution >= 4 is 17.6 Å². The molecule has 0 radical (unpaired) electrons. The Morgan fingerprint density at radius 1 is 0.943 bits per heavy atom. The van der Waals surface area contributed by atoms with Crippen LogP contribution in [0.3, 0.4) is 0 Å². The fourth-order valence-corrected chi connectivity index (χ4v) is 5.95. The number of likely N-dealkylation sites (tertiary alicyclic amines) is 1. The van der Waals surface area contributed by atoms with E-state index in [2.05, 4.69) is 5.32 Å². The van der Waals surface area contributed by atoms with Gasteiger partial charge in [-0.15, -0.1) is 0 Å². The van der Waals surface area contributed by atoms with Gasteiger partial charge in [0.05, 0.1) is 13.1 Å². The van der Waals surface area contributed by atoms with E-state index in [1.54, 1.807) is 0 Å². The number of amides is 1. The van der Waals surface area contributed by atoms with Crippen LogP contribution in [-0.2, 0) is 14.3 Å². The number of nitrogens with zero attached hydrogens (tertiary/aromatic N) is 2. The highest BCUT2D eigenvalue weighted by Crippen LogP contribution is 2.36. The molecule has 6 nitrogen and oxygen atoms in total. The van der Waals surface area contributed by atoms with Crippen molar-refractivity contribution in [3.8, 4) is 0 Å². The summed E-state index contributed by atoms with van der Waals surface area (Å²) in [7, 11) is 0. The first-order valence-corrected chi connectivity index (χ1v) is 12.8. The van der Waals surface area contributed by atoms with E-state index in [-0.39, 0.29) is 30.4 Å². The van der Waals surface area contributed by atoms with Crippen molar-refractivity contribution in [1.82, 2.24) is 4.90 Å². The number of anilines is 1. The summed E-state index contributed by atoms with van der Waals surface area (Å²) in [6.45, 7) is 5.12. The van der Waals surface area contributed by atoms with E-state index >= 15 is 0 Å². The summed E-state index contributed by atoms with van der Waals surface area (Å²) in [5.41, 5.74) is 1.78. The molecule has 2 aromatic carbocycles. The number of hydrogen-bond acceptors (Lipinski definition) is 4. The van der Waals surface area contributed by atoms with Crippen LogP contribution in [0.25, 0.3) is 0 Å². The molecule has 35 heavy (non-hydrogen) atoms. The molecule has 4 aliphatic rings. The molecule has 1 amide bonds. The first kappa shape index (κ1) is 25.5. The van der Waals surface area contributed by atoms with Gasteiger partial charge < -0.3 is 31.8 Å². The van der Waals surface area contributed by atoms with Gasteiger partial charge in [-0.3, -0.25) is 4.79 Å². The molecule has 188 valence electrons. The van der Waals surface area contributed by atoms with Crippen LogP contribution in [-0.4, -0.2) is 66.6 Å². The Morgan fingerprint density at radius 2 is 1.57 bits per heavy atom. The number of halogens is 1. The van der Waals surface area contributed by atoms with E-state index < -0.39 is 6.04 Å². The van der Waals surface area contributed by atoms with Crippen molar-refractivity contribution in [3.05, 3.63) is 66.2 Å². The van der Waals surface area contributed by atoms with Gasteiger partial charge in [-0.05, 0) is 37.0 Å². The quantitative estimate of drug-likeness (QED) is 0.458. The first-order valence-electron chi connectivity index (χ1n) is 12.8. The Hall–Kier alpha value is -2.57. The Kier molecular flexibility index (Phi) is 8.34. The number of fused-ring (bicyclic) bond motifs is 3. The molecule has 4 saturated heterocycles. The highest BCUT2D eigenvalue weighted by atomic mass is 35.5. The number of rotatable bonds is 7. The molecule has 0 aliphatic carbocycles. The van der Waals surface area contributed by atoms with Gasteiger partial charge in [-0.25, -0.2) is 4.79 Å². The molecule has 7 heteroatoms. The van der Waals surface area contributed by atoms with Crippen LogP contribution in [0.4, 0.5) is 5.69 Å². The average molecular weight is 498 g/mol. The number of quaternary nitrogens is 1. The van der Waals surface area contributed by atoms with Gasteiger partial charge in [0.2, 0.25) is 0 Å². The van der Waals surface area contributed by atoms with Crippen LogP contribution in [0.5, 0.6) is 0 Å². The lowest BCUT2D eigenvalue weighted by Crippen LogP contribution is -3.00. The summed E-state index contributed by atoms with van der Waals surface area (Å²) in [6.07, 6.45) is 5.36. The van der Waals surface area contributed by atoms with E-state index in [9.17, 15) is 9.59 Å². The minimum absolute atomic E-state index is 0. The van der Waals surface area contributed by atoms with Gasteiger partial charge >= 0.3 is 5.97 Å². The lowest BCUT2D eigenvalue weighted by atomic mass is 9.83. The number of benzene rings is 2. The predicted octanol–water partition coefficient (Wildman–Crippen LogP) is 1.01. The summed E-state index contributed by atoms with van der Waals surface area (Å²) < 4.78 is 6.99. The Bertz CT molecular complexity index is 973. The van der Waals surface area contributed by atoms with Crippen LogP contribution in [0.2, 0.25) is 0 Å². The van der Waals surface area contributed by atoms with Crippen LogP contribution in [0.1, 0.15) is 43.7 Å². The fourth-order valence-electron chi connectivity index (χ4n) is 5.95. The molecule has 0 aromatic heterocycles. The minimum atomic E-state index is -0.567. The maximum Gasteiger partial charge on any atom is 0.333 e. The molecule has 2 atom stereocenters. The SMILES string of the molecule is O=C(OC1C[N+]2(CC(=O)N3CCCCC3)CCC1CC2)C(Nc1ccccc1)c1ccccc1.[Cl-]. The van der Waals surface area contributed by atoms with Gasteiger partial charge in [0.25, 0.3) is 5.91 Å². The first-order chi connectivity index (χ1) is 16.6. The van der Waals surface area contributed by atoms with E-state index in [1.807, 2.05) is 65.6 Å². The monoisotopic (exact) mass is 497 g/mol. The molecule has 0 saturated carbocycles. The third kappa shape index (κ3) is 5.99. The fraction of sp³-hybridized carbons (Fsp3) is 0.500. The molecule has 2 bridgehead atoms. The summed E-state index contributed by atoms with van der Waals surface area (Å²) >= 11 is 0. The second-order valence-electron chi connectivity index (χ2n) is 10.2. The standard InChI is InChI=1S/C28H36N3O3.ClH/c32-26(30-16-8-3-9-17-30)21-31-18-14-22(15-19-31)25(20-31)34-28(33)27(23-10-4-1-5-11-23)29-24-12-6-2-7-13-24;/h1-2,4-7,10-13,22,25,27,29H,3,8-9,14-21H2;1H/q+1;/p-1. The lowest BCUT2D eigenvalue weighted by molar-refractivity contribution is -0.939. The summed E-state index contributed by atoms with van der Waals surface area (Å²) in [6, 6.07) is 19.0. The number of carbonyl (C=O) groups excluding carboxylic acids is 2. The van der Waals surface area contributed by atoms with Crippen molar-refractivity contribution in [2.75, 3.05) is 44.6 Å². The molecule has 1 N–H and O–H groups in total. The normalized spacial score (nSPS) is 26.3. The van der Waals surface area contributed by atoms with Gasteiger partial charge in [0.15, 0.2) is 18.7 Å².